The number of piperazine rings is 1. The highest BCUT2D eigenvalue weighted by Gasteiger charge is 2.35. The smallest absolute Gasteiger partial charge is 0.227 e. The summed E-state index contributed by atoms with van der Waals surface area (Å²) in [6.45, 7) is 9.88. The highest BCUT2D eigenvalue weighted by atomic mass is 19.1. The number of piperidine rings is 1. The number of benzene rings is 1. The topological polar surface area (TPSA) is 43.9 Å². The van der Waals surface area contributed by atoms with Gasteiger partial charge in [-0.05, 0) is 37.1 Å². The van der Waals surface area contributed by atoms with Gasteiger partial charge in [-0.15, -0.1) is 0 Å². The van der Waals surface area contributed by atoms with E-state index in [1.54, 1.807) is 12.1 Å². The van der Waals surface area contributed by atoms with E-state index in [2.05, 4.69) is 4.90 Å². The molecule has 0 aromatic heterocycles. The van der Waals surface area contributed by atoms with Crippen molar-refractivity contribution in [1.29, 1.82) is 0 Å². The predicted molar refractivity (Wildman–Crippen MR) is 104 cm³/mol. The van der Waals surface area contributed by atoms with Gasteiger partial charge in [-0.3, -0.25) is 9.59 Å². The Bertz CT molecular complexity index is 676. The fraction of sp³-hybridized carbons (Fsp3) is 0.619. The van der Waals surface area contributed by atoms with Crippen molar-refractivity contribution in [3.63, 3.8) is 0 Å². The van der Waals surface area contributed by atoms with Crippen LogP contribution < -0.4 is 4.90 Å². The number of nitrogens with zero attached hydrogens (tertiary/aromatic N) is 3. The first kappa shape index (κ1) is 19.6. The van der Waals surface area contributed by atoms with E-state index >= 15 is 0 Å². The van der Waals surface area contributed by atoms with E-state index in [4.69, 9.17) is 0 Å². The summed E-state index contributed by atoms with van der Waals surface area (Å²) in [7, 11) is 0. The second-order valence-corrected chi connectivity index (χ2v) is 8.63. The lowest BCUT2D eigenvalue weighted by Crippen LogP contribution is -2.54. The van der Waals surface area contributed by atoms with Crippen LogP contribution in [0.25, 0.3) is 0 Å². The minimum atomic E-state index is -0.411. The Hall–Kier alpha value is -2.11. The van der Waals surface area contributed by atoms with Gasteiger partial charge in [0.1, 0.15) is 5.82 Å². The van der Waals surface area contributed by atoms with Crippen molar-refractivity contribution < 1.29 is 14.0 Å². The Balaban J connectivity index is 1.55. The van der Waals surface area contributed by atoms with Gasteiger partial charge >= 0.3 is 0 Å². The van der Waals surface area contributed by atoms with Gasteiger partial charge in [0.2, 0.25) is 11.8 Å². The molecule has 0 aliphatic carbocycles. The number of amides is 2. The van der Waals surface area contributed by atoms with E-state index in [0.29, 0.717) is 19.6 Å². The zero-order chi connectivity index (χ0) is 19.6. The summed E-state index contributed by atoms with van der Waals surface area (Å²) in [5.41, 5.74) is 0.578. The van der Waals surface area contributed by atoms with E-state index in [1.807, 2.05) is 30.6 Å². The first-order chi connectivity index (χ1) is 12.8. The van der Waals surface area contributed by atoms with Gasteiger partial charge in [-0.2, -0.15) is 0 Å². The normalized spacial score (nSPS) is 21.3. The summed E-state index contributed by atoms with van der Waals surface area (Å²) in [6.07, 6.45) is 1.73. The Kier molecular flexibility index (Phi) is 5.72. The Morgan fingerprint density at radius 1 is 0.963 bits per heavy atom. The number of halogens is 1. The Labute approximate surface area is 161 Å². The third-order valence-corrected chi connectivity index (χ3v) is 5.48. The number of carbonyl (C=O) groups is 2. The number of likely N-dealkylation sites (tertiary alicyclic amines) is 1. The maximum absolute atomic E-state index is 13.1. The SMILES string of the molecule is CC(C)(C)C(=O)N1CCC[C@@H](C(=O)N2CCN(c3ccc(F)cc3)CC2)C1. The molecule has 148 valence electrons. The summed E-state index contributed by atoms with van der Waals surface area (Å²) < 4.78 is 13.1. The van der Waals surface area contributed by atoms with E-state index < -0.39 is 5.41 Å². The lowest BCUT2D eigenvalue weighted by Gasteiger charge is -2.40. The molecule has 1 atom stereocenters. The van der Waals surface area contributed by atoms with Crippen LogP contribution in [0.15, 0.2) is 24.3 Å². The summed E-state index contributed by atoms with van der Waals surface area (Å²) in [6, 6.07) is 6.50. The molecule has 27 heavy (non-hydrogen) atoms. The van der Waals surface area contributed by atoms with Crippen molar-refractivity contribution in [3.8, 4) is 0 Å². The second kappa shape index (κ2) is 7.87. The van der Waals surface area contributed by atoms with E-state index in [9.17, 15) is 14.0 Å². The standard InChI is InChI=1S/C21H30FN3O2/c1-21(2,3)20(27)25-10-4-5-16(15-25)19(26)24-13-11-23(12-14-24)18-8-6-17(22)7-9-18/h6-9,16H,4-5,10-15H2,1-3H3/t16-/m1/s1. The zero-order valence-electron chi connectivity index (χ0n) is 16.6. The molecule has 2 aliphatic heterocycles. The fourth-order valence-corrected chi connectivity index (χ4v) is 3.93. The minimum absolute atomic E-state index is 0.0950. The van der Waals surface area contributed by atoms with Crippen molar-refractivity contribution in [2.75, 3.05) is 44.2 Å². The molecule has 5 nitrogen and oxygen atoms in total. The molecule has 1 aromatic rings. The molecular weight excluding hydrogens is 345 g/mol. The van der Waals surface area contributed by atoms with Crippen molar-refractivity contribution in [2.24, 2.45) is 11.3 Å². The Morgan fingerprint density at radius 3 is 2.19 bits per heavy atom. The van der Waals surface area contributed by atoms with Crippen molar-refractivity contribution in [3.05, 3.63) is 30.1 Å². The average molecular weight is 375 g/mol. The average Bonchev–Trinajstić information content (AvgIpc) is 2.67. The minimum Gasteiger partial charge on any atom is -0.368 e. The predicted octanol–water partition coefficient (Wildman–Crippen LogP) is 2.76. The largest absolute Gasteiger partial charge is 0.368 e. The quantitative estimate of drug-likeness (QED) is 0.798. The summed E-state index contributed by atoms with van der Waals surface area (Å²) >= 11 is 0. The van der Waals surface area contributed by atoms with Crippen LogP contribution in [0.3, 0.4) is 0 Å². The van der Waals surface area contributed by atoms with Crippen LogP contribution in [0.4, 0.5) is 10.1 Å². The van der Waals surface area contributed by atoms with Gasteiger partial charge in [0.15, 0.2) is 0 Å². The zero-order valence-corrected chi connectivity index (χ0v) is 16.6. The van der Waals surface area contributed by atoms with Gasteiger partial charge in [0.25, 0.3) is 0 Å². The molecule has 0 N–H and O–H groups in total. The number of hydrogen-bond donors (Lipinski definition) is 0. The summed E-state index contributed by atoms with van der Waals surface area (Å²) in [4.78, 5) is 31.5. The van der Waals surface area contributed by atoms with Crippen LogP contribution in [0.2, 0.25) is 0 Å². The van der Waals surface area contributed by atoms with Gasteiger partial charge < -0.3 is 14.7 Å². The van der Waals surface area contributed by atoms with Crippen LogP contribution >= 0.6 is 0 Å². The summed E-state index contributed by atoms with van der Waals surface area (Å²) in [5.74, 6) is -0.0389. The van der Waals surface area contributed by atoms with Gasteiger partial charge in [0.05, 0.1) is 5.92 Å². The third-order valence-electron chi connectivity index (χ3n) is 5.48. The third kappa shape index (κ3) is 4.60. The van der Waals surface area contributed by atoms with Crippen molar-refractivity contribution >= 4 is 17.5 Å². The maximum Gasteiger partial charge on any atom is 0.227 e. The molecule has 2 aliphatic rings. The molecule has 0 unspecified atom stereocenters. The molecule has 6 heteroatoms. The van der Waals surface area contributed by atoms with E-state index in [0.717, 1.165) is 38.2 Å². The van der Waals surface area contributed by atoms with E-state index in [-0.39, 0.29) is 23.5 Å². The molecule has 0 spiro atoms. The number of rotatable bonds is 2. The number of anilines is 1. The molecule has 2 fully saturated rings. The van der Waals surface area contributed by atoms with Crippen molar-refractivity contribution in [1.82, 2.24) is 9.80 Å². The van der Waals surface area contributed by atoms with Crippen molar-refractivity contribution in [2.45, 2.75) is 33.6 Å². The molecular formula is C21H30FN3O2. The van der Waals surface area contributed by atoms with Gasteiger partial charge in [-0.1, -0.05) is 20.8 Å². The van der Waals surface area contributed by atoms with Crippen LogP contribution in [-0.2, 0) is 9.59 Å². The second-order valence-electron chi connectivity index (χ2n) is 8.63. The summed E-state index contributed by atoms with van der Waals surface area (Å²) in [5, 5.41) is 0. The highest BCUT2D eigenvalue weighted by Crippen LogP contribution is 2.25. The molecule has 1 aromatic carbocycles. The van der Waals surface area contributed by atoms with Gasteiger partial charge in [0, 0.05) is 50.4 Å². The number of carbonyl (C=O) groups excluding carboxylic acids is 2. The molecule has 0 bridgehead atoms. The van der Waals surface area contributed by atoms with Crippen LogP contribution in [0.1, 0.15) is 33.6 Å². The highest BCUT2D eigenvalue weighted by molar-refractivity contribution is 5.84. The fourth-order valence-electron chi connectivity index (χ4n) is 3.93. The maximum atomic E-state index is 13.1. The first-order valence-corrected chi connectivity index (χ1v) is 9.84. The molecule has 2 saturated heterocycles. The molecule has 3 rings (SSSR count). The van der Waals surface area contributed by atoms with Gasteiger partial charge in [-0.25, -0.2) is 4.39 Å². The van der Waals surface area contributed by atoms with Crippen LogP contribution in [0, 0.1) is 17.2 Å². The molecule has 0 saturated carbocycles. The van der Waals surface area contributed by atoms with E-state index in [1.165, 1.54) is 12.1 Å². The number of hydrogen-bond acceptors (Lipinski definition) is 3. The molecule has 0 radical (unpaired) electrons. The molecule has 2 amide bonds. The Morgan fingerprint density at radius 2 is 1.59 bits per heavy atom. The van der Waals surface area contributed by atoms with Crippen LogP contribution in [-0.4, -0.2) is 60.9 Å². The first-order valence-electron chi connectivity index (χ1n) is 9.84. The lowest BCUT2D eigenvalue weighted by atomic mass is 9.90. The monoisotopic (exact) mass is 375 g/mol. The van der Waals surface area contributed by atoms with Crippen LogP contribution in [0.5, 0.6) is 0 Å². The lowest BCUT2D eigenvalue weighted by molar-refractivity contribution is -0.145. The molecule has 2 heterocycles.